The lowest BCUT2D eigenvalue weighted by Crippen LogP contribution is -2.54. The number of hydrogen-bond acceptors (Lipinski definition) is 4. The Morgan fingerprint density at radius 1 is 1.20 bits per heavy atom. The van der Waals surface area contributed by atoms with Gasteiger partial charge in [-0.05, 0) is 24.3 Å². The molecule has 0 unspecified atom stereocenters. The number of rotatable bonds is 4. The minimum atomic E-state index is -5.38. The Balaban J connectivity index is 3.05. The molecule has 8 heteroatoms. The number of ketones is 1. The first kappa shape index (κ1) is 16.1. The molecule has 0 spiro atoms. The van der Waals surface area contributed by atoms with Crippen LogP contribution in [0, 0.1) is 5.82 Å². The third-order valence-electron chi connectivity index (χ3n) is 2.57. The largest absolute Gasteiger partial charge is 0.467 e. The Hall–Kier alpha value is -1.96. The van der Waals surface area contributed by atoms with Crippen molar-refractivity contribution >= 4 is 11.8 Å². The fourth-order valence-electron chi connectivity index (χ4n) is 1.43. The standard InChI is InChI=1S/C12H10F4O4/c1-20-10(18)11(19,12(14,15)16)6-9(17)7-2-4-8(13)5-3-7/h2-5,19H,6H2,1H3/t11-/m0/s1. The Bertz CT molecular complexity index is 509. The van der Waals surface area contributed by atoms with Gasteiger partial charge in [-0.2, -0.15) is 13.2 Å². The van der Waals surface area contributed by atoms with Crippen LogP contribution in [0.3, 0.4) is 0 Å². The van der Waals surface area contributed by atoms with Gasteiger partial charge in [-0.1, -0.05) is 0 Å². The predicted octanol–water partition coefficient (Wildman–Crippen LogP) is 1.86. The molecule has 110 valence electrons. The SMILES string of the molecule is COC(=O)[C@@](O)(CC(=O)c1ccc(F)cc1)C(F)(F)F. The topological polar surface area (TPSA) is 63.6 Å². The van der Waals surface area contributed by atoms with Crippen LogP contribution in [0.25, 0.3) is 0 Å². The molecule has 1 N–H and O–H groups in total. The van der Waals surface area contributed by atoms with E-state index in [4.69, 9.17) is 0 Å². The van der Waals surface area contributed by atoms with E-state index in [9.17, 15) is 32.3 Å². The van der Waals surface area contributed by atoms with Crippen molar-refractivity contribution in [2.75, 3.05) is 7.11 Å². The van der Waals surface area contributed by atoms with E-state index in [1.54, 1.807) is 0 Å². The van der Waals surface area contributed by atoms with E-state index < -0.39 is 35.8 Å². The smallest absolute Gasteiger partial charge is 0.428 e. The van der Waals surface area contributed by atoms with Crippen LogP contribution in [0.1, 0.15) is 16.8 Å². The summed E-state index contributed by atoms with van der Waals surface area (Å²) in [6.45, 7) is 0. The van der Waals surface area contributed by atoms with Crippen molar-refractivity contribution in [1.29, 1.82) is 0 Å². The molecule has 0 saturated heterocycles. The average Bonchev–Trinajstić information content (AvgIpc) is 2.36. The Kier molecular flexibility index (Phi) is 4.49. The fourth-order valence-corrected chi connectivity index (χ4v) is 1.43. The molecule has 0 amide bonds. The lowest BCUT2D eigenvalue weighted by molar-refractivity contribution is -0.260. The number of benzene rings is 1. The van der Waals surface area contributed by atoms with Crippen LogP contribution in [-0.4, -0.2) is 35.7 Å². The van der Waals surface area contributed by atoms with Crippen LogP contribution in [-0.2, 0) is 9.53 Å². The molecule has 0 fully saturated rings. The van der Waals surface area contributed by atoms with Crippen LogP contribution < -0.4 is 0 Å². The van der Waals surface area contributed by atoms with E-state index >= 15 is 0 Å². The minimum absolute atomic E-state index is 0.266. The summed E-state index contributed by atoms with van der Waals surface area (Å²) >= 11 is 0. The van der Waals surface area contributed by atoms with Crippen molar-refractivity contribution in [3.63, 3.8) is 0 Å². The number of hydrogen-bond donors (Lipinski definition) is 1. The zero-order valence-corrected chi connectivity index (χ0v) is 10.2. The summed E-state index contributed by atoms with van der Waals surface area (Å²) in [6.07, 6.45) is -6.93. The summed E-state index contributed by atoms with van der Waals surface area (Å²) in [4.78, 5) is 22.7. The number of aliphatic hydroxyl groups is 1. The Morgan fingerprint density at radius 3 is 2.10 bits per heavy atom. The second-order valence-electron chi connectivity index (χ2n) is 3.96. The van der Waals surface area contributed by atoms with Gasteiger partial charge in [0.05, 0.1) is 13.5 Å². The van der Waals surface area contributed by atoms with E-state index in [2.05, 4.69) is 4.74 Å². The van der Waals surface area contributed by atoms with Gasteiger partial charge in [0.15, 0.2) is 5.78 Å². The zero-order valence-electron chi connectivity index (χ0n) is 10.2. The van der Waals surface area contributed by atoms with E-state index in [1.165, 1.54) is 0 Å². The molecule has 0 aliphatic heterocycles. The van der Waals surface area contributed by atoms with E-state index in [-0.39, 0.29) is 5.56 Å². The Morgan fingerprint density at radius 2 is 1.70 bits per heavy atom. The molecule has 1 rings (SSSR count). The first-order chi connectivity index (χ1) is 9.11. The molecule has 0 saturated carbocycles. The summed E-state index contributed by atoms with van der Waals surface area (Å²) in [6, 6.07) is 3.65. The molecule has 0 radical (unpaired) electrons. The molecule has 0 aliphatic rings. The zero-order chi connectivity index (χ0) is 15.6. The van der Waals surface area contributed by atoms with Crippen LogP contribution in [0.2, 0.25) is 0 Å². The monoisotopic (exact) mass is 294 g/mol. The summed E-state index contributed by atoms with van der Waals surface area (Å²) in [5.41, 5.74) is -4.20. The van der Waals surface area contributed by atoms with Gasteiger partial charge in [0, 0.05) is 5.56 Å². The number of alkyl halides is 3. The van der Waals surface area contributed by atoms with Crippen molar-refractivity contribution in [3.8, 4) is 0 Å². The first-order valence-corrected chi connectivity index (χ1v) is 5.28. The van der Waals surface area contributed by atoms with Crippen molar-refractivity contribution in [3.05, 3.63) is 35.6 Å². The summed E-state index contributed by atoms with van der Waals surface area (Å²) < 4.78 is 54.7. The van der Waals surface area contributed by atoms with Gasteiger partial charge in [0.2, 0.25) is 0 Å². The maximum absolute atomic E-state index is 12.7. The van der Waals surface area contributed by atoms with E-state index in [1.807, 2.05) is 0 Å². The molecule has 1 atom stereocenters. The highest BCUT2D eigenvalue weighted by molar-refractivity contribution is 6.00. The van der Waals surface area contributed by atoms with Gasteiger partial charge < -0.3 is 9.84 Å². The van der Waals surface area contributed by atoms with E-state index in [0.29, 0.717) is 7.11 Å². The van der Waals surface area contributed by atoms with E-state index in [0.717, 1.165) is 24.3 Å². The summed E-state index contributed by atoms with van der Waals surface area (Å²) in [5, 5.41) is 9.41. The highest BCUT2D eigenvalue weighted by atomic mass is 19.4. The third kappa shape index (κ3) is 3.13. The van der Waals surface area contributed by atoms with Gasteiger partial charge in [-0.3, -0.25) is 4.79 Å². The quantitative estimate of drug-likeness (QED) is 0.523. The number of methoxy groups -OCH3 is 1. The number of carbonyl (C=O) groups excluding carboxylic acids is 2. The average molecular weight is 294 g/mol. The highest BCUT2D eigenvalue weighted by Gasteiger charge is 2.61. The maximum atomic E-state index is 12.7. The molecule has 0 bridgehead atoms. The third-order valence-corrected chi connectivity index (χ3v) is 2.57. The molecular weight excluding hydrogens is 284 g/mol. The van der Waals surface area contributed by atoms with Gasteiger partial charge in [-0.25, -0.2) is 9.18 Å². The number of Topliss-reactive ketones (excluding diaryl/α,β-unsaturated/α-hetero) is 1. The second kappa shape index (κ2) is 5.58. The molecule has 20 heavy (non-hydrogen) atoms. The van der Waals surface area contributed by atoms with Crippen LogP contribution in [0.15, 0.2) is 24.3 Å². The van der Waals surface area contributed by atoms with Crippen molar-refractivity contribution in [2.45, 2.75) is 18.2 Å². The maximum Gasteiger partial charge on any atom is 0.428 e. The molecular formula is C12H10F4O4. The molecule has 1 aromatic carbocycles. The fraction of sp³-hybridized carbons (Fsp3) is 0.333. The molecule has 0 heterocycles. The number of carbonyl (C=O) groups is 2. The number of esters is 1. The van der Waals surface area contributed by atoms with Crippen molar-refractivity contribution in [1.82, 2.24) is 0 Å². The van der Waals surface area contributed by atoms with Crippen molar-refractivity contribution < 1.29 is 37.0 Å². The molecule has 0 aliphatic carbocycles. The predicted molar refractivity (Wildman–Crippen MR) is 58.4 cm³/mol. The van der Waals surface area contributed by atoms with Crippen LogP contribution in [0.5, 0.6) is 0 Å². The first-order valence-electron chi connectivity index (χ1n) is 5.28. The minimum Gasteiger partial charge on any atom is -0.467 e. The van der Waals surface area contributed by atoms with Gasteiger partial charge in [0.25, 0.3) is 5.60 Å². The molecule has 0 aromatic heterocycles. The highest BCUT2D eigenvalue weighted by Crippen LogP contribution is 2.35. The molecule has 1 aromatic rings. The number of halogens is 4. The second-order valence-corrected chi connectivity index (χ2v) is 3.96. The van der Waals surface area contributed by atoms with Gasteiger partial charge in [-0.15, -0.1) is 0 Å². The van der Waals surface area contributed by atoms with Crippen LogP contribution >= 0.6 is 0 Å². The number of ether oxygens (including phenoxy) is 1. The lowest BCUT2D eigenvalue weighted by atomic mass is 9.93. The normalized spacial score (nSPS) is 14.5. The van der Waals surface area contributed by atoms with Gasteiger partial charge in [0.1, 0.15) is 5.82 Å². The summed E-state index contributed by atoms with van der Waals surface area (Å²) in [7, 11) is 0.654. The molecule has 4 nitrogen and oxygen atoms in total. The Labute approximate surface area is 111 Å². The van der Waals surface area contributed by atoms with Crippen molar-refractivity contribution in [2.24, 2.45) is 0 Å². The van der Waals surface area contributed by atoms with Crippen LogP contribution in [0.4, 0.5) is 17.6 Å². The lowest BCUT2D eigenvalue weighted by Gasteiger charge is -2.26. The van der Waals surface area contributed by atoms with Gasteiger partial charge >= 0.3 is 12.1 Å². The summed E-state index contributed by atoms with van der Waals surface area (Å²) in [5.74, 6) is -3.84.